The molecule has 0 fully saturated rings. The van der Waals surface area contributed by atoms with E-state index in [0.29, 0.717) is 10.9 Å². The fraction of sp³-hybridized carbons (Fsp3) is 0.240. The van der Waals surface area contributed by atoms with Gasteiger partial charge in [0.15, 0.2) is 10.3 Å². The van der Waals surface area contributed by atoms with Crippen molar-refractivity contribution >= 4 is 39.8 Å². The molecule has 0 saturated carbocycles. The van der Waals surface area contributed by atoms with Crippen LogP contribution >= 0.6 is 23.1 Å². The van der Waals surface area contributed by atoms with Crippen molar-refractivity contribution in [1.82, 2.24) is 14.5 Å². The highest BCUT2D eigenvalue weighted by Gasteiger charge is 2.20. The lowest BCUT2D eigenvalue weighted by atomic mass is 10.1. The molecule has 2 heterocycles. The molecule has 0 N–H and O–H groups in total. The Hall–Kier alpha value is -2.90. The van der Waals surface area contributed by atoms with Crippen molar-refractivity contribution in [2.75, 3.05) is 4.90 Å². The van der Waals surface area contributed by atoms with Gasteiger partial charge in [-0.3, -0.25) is 14.3 Å². The lowest BCUT2D eigenvalue weighted by molar-refractivity contribution is -0.115. The van der Waals surface area contributed by atoms with E-state index in [4.69, 9.17) is 4.98 Å². The van der Waals surface area contributed by atoms with E-state index < -0.39 is 0 Å². The van der Waals surface area contributed by atoms with Crippen LogP contribution in [0.5, 0.6) is 0 Å². The number of benzene rings is 2. The highest BCUT2D eigenvalue weighted by atomic mass is 32.2. The van der Waals surface area contributed by atoms with Gasteiger partial charge in [-0.1, -0.05) is 36.0 Å². The third kappa shape index (κ3) is 4.36. The van der Waals surface area contributed by atoms with Crippen LogP contribution in [0.4, 0.5) is 10.8 Å². The second kappa shape index (κ2) is 9.30. The number of rotatable bonds is 6. The number of thioether (sulfide) groups is 1. The number of anilines is 2. The molecule has 0 bridgehead atoms. The number of nitrogens with zero attached hydrogens (tertiary/aromatic N) is 4. The van der Waals surface area contributed by atoms with Gasteiger partial charge in [0, 0.05) is 30.5 Å². The zero-order chi connectivity index (χ0) is 22.8. The minimum atomic E-state index is -0.0438. The van der Waals surface area contributed by atoms with E-state index in [0.717, 1.165) is 33.4 Å². The first-order valence-electron chi connectivity index (χ1n) is 10.4. The van der Waals surface area contributed by atoms with Gasteiger partial charge in [-0.2, -0.15) is 0 Å². The van der Waals surface area contributed by atoms with E-state index in [1.807, 2.05) is 36.8 Å². The van der Waals surface area contributed by atoms with Crippen LogP contribution in [0.1, 0.15) is 34.9 Å². The molecule has 7 heteroatoms. The van der Waals surface area contributed by atoms with Crippen molar-refractivity contribution in [3.8, 4) is 5.69 Å². The zero-order valence-corrected chi connectivity index (χ0v) is 20.5. The molecule has 0 aliphatic heterocycles. The zero-order valence-electron chi connectivity index (χ0n) is 18.9. The first-order chi connectivity index (χ1) is 15.4. The summed E-state index contributed by atoms with van der Waals surface area (Å²) in [5, 5.41) is 3.64. The average molecular weight is 463 g/mol. The summed E-state index contributed by atoms with van der Waals surface area (Å²) in [7, 11) is 0. The van der Waals surface area contributed by atoms with E-state index in [1.165, 1.54) is 22.5 Å². The van der Waals surface area contributed by atoms with E-state index in [9.17, 15) is 4.79 Å². The van der Waals surface area contributed by atoms with Gasteiger partial charge >= 0.3 is 0 Å². The number of imidazole rings is 1. The molecule has 4 rings (SSSR count). The van der Waals surface area contributed by atoms with Crippen LogP contribution in [0.3, 0.4) is 0 Å². The van der Waals surface area contributed by atoms with Crippen molar-refractivity contribution < 1.29 is 4.79 Å². The minimum Gasteiger partial charge on any atom is -0.295 e. The number of hydrogen-bond acceptors (Lipinski definition) is 5. The molecule has 2 aromatic heterocycles. The Bertz CT molecular complexity index is 1270. The lowest BCUT2D eigenvalue weighted by Crippen LogP contribution is -2.23. The van der Waals surface area contributed by atoms with Crippen molar-refractivity contribution in [2.24, 2.45) is 0 Å². The van der Waals surface area contributed by atoms with E-state index >= 15 is 0 Å². The second-order valence-electron chi connectivity index (χ2n) is 7.78. The molecule has 0 aliphatic rings. The fourth-order valence-corrected chi connectivity index (χ4v) is 5.41. The summed E-state index contributed by atoms with van der Waals surface area (Å²) in [5.74, 6) is 0.634. The largest absolute Gasteiger partial charge is 0.295 e. The number of aromatic nitrogens is 3. The van der Waals surface area contributed by atoms with Crippen LogP contribution in [-0.2, 0) is 10.5 Å². The van der Waals surface area contributed by atoms with Gasteiger partial charge in [0.2, 0.25) is 5.91 Å². The Kier molecular flexibility index (Phi) is 6.48. The van der Waals surface area contributed by atoms with Crippen LogP contribution in [-0.4, -0.2) is 20.4 Å². The standard InChI is InChI=1S/C25H26N4OS2/c1-16-8-6-10-22(18(16)3)28-13-12-26-24(28)31-14-21-15-32-25(27-21)29(20(5)30)23-11-7-9-17(2)19(23)4/h6-13,15H,14H2,1-5H3. The predicted octanol–water partition coefficient (Wildman–Crippen LogP) is 6.54. The summed E-state index contributed by atoms with van der Waals surface area (Å²) in [4.78, 5) is 23.5. The van der Waals surface area contributed by atoms with Crippen molar-refractivity contribution in [3.63, 3.8) is 0 Å². The molecule has 0 saturated heterocycles. The van der Waals surface area contributed by atoms with Crippen LogP contribution in [0.15, 0.2) is 59.3 Å². The van der Waals surface area contributed by atoms with E-state index in [2.05, 4.69) is 54.6 Å². The summed E-state index contributed by atoms with van der Waals surface area (Å²) in [6.07, 6.45) is 3.82. The quantitative estimate of drug-likeness (QED) is 0.305. The number of aryl methyl sites for hydroxylation is 2. The molecule has 0 spiro atoms. The fourth-order valence-electron chi connectivity index (χ4n) is 3.57. The molecule has 0 aliphatic carbocycles. The molecule has 164 valence electrons. The van der Waals surface area contributed by atoms with Gasteiger partial charge in [0.1, 0.15) is 0 Å². The summed E-state index contributed by atoms with van der Waals surface area (Å²) < 4.78 is 2.12. The molecule has 4 aromatic rings. The number of hydrogen-bond donors (Lipinski definition) is 0. The Morgan fingerprint density at radius 3 is 2.53 bits per heavy atom. The van der Waals surface area contributed by atoms with Crippen molar-refractivity contribution in [3.05, 3.63) is 82.1 Å². The SMILES string of the molecule is CC(=O)N(c1nc(CSc2nccn2-c2cccc(C)c2C)cs1)c1cccc(C)c1C. The van der Waals surface area contributed by atoms with Gasteiger partial charge in [-0.25, -0.2) is 9.97 Å². The Morgan fingerprint density at radius 1 is 1.06 bits per heavy atom. The van der Waals surface area contributed by atoms with Crippen molar-refractivity contribution in [2.45, 2.75) is 45.5 Å². The maximum absolute atomic E-state index is 12.5. The average Bonchev–Trinajstić information content (AvgIpc) is 3.41. The minimum absolute atomic E-state index is 0.0438. The number of thiazole rings is 1. The Balaban J connectivity index is 1.56. The van der Waals surface area contributed by atoms with E-state index in [-0.39, 0.29) is 5.91 Å². The summed E-state index contributed by atoms with van der Waals surface area (Å²) >= 11 is 3.13. The Labute approximate surface area is 197 Å². The highest BCUT2D eigenvalue weighted by molar-refractivity contribution is 7.98. The molecule has 0 atom stereocenters. The maximum atomic E-state index is 12.5. The van der Waals surface area contributed by atoms with Crippen LogP contribution in [0.2, 0.25) is 0 Å². The van der Waals surface area contributed by atoms with Crippen LogP contribution < -0.4 is 4.90 Å². The highest BCUT2D eigenvalue weighted by Crippen LogP contribution is 2.34. The molecule has 1 amide bonds. The molecular weight excluding hydrogens is 436 g/mol. The molecule has 2 aromatic carbocycles. The van der Waals surface area contributed by atoms with Crippen LogP contribution in [0.25, 0.3) is 5.69 Å². The summed E-state index contributed by atoms with van der Waals surface area (Å²) in [6.45, 7) is 9.93. The van der Waals surface area contributed by atoms with Gasteiger partial charge in [-0.05, 0) is 62.1 Å². The summed E-state index contributed by atoms with van der Waals surface area (Å²) in [5.41, 5.74) is 7.70. The van der Waals surface area contributed by atoms with Gasteiger partial charge in [0.25, 0.3) is 0 Å². The predicted molar refractivity (Wildman–Crippen MR) is 133 cm³/mol. The van der Waals surface area contributed by atoms with Gasteiger partial charge in [0.05, 0.1) is 17.1 Å². The molecule has 5 nitrogen and oxygen atoms in total. The van der Waals surface area contributed by atoms with Gasteiger partial charge in [-0.15, -0.1) is 11.3 Å². The monoisotopic (exact) mass is 462 g/mol. The van der Waals surface area contributed by atoms with Crippen LogP contribution in [0, 0.1) is 27.7 Å². The number of carbonyl (C=O) groups is 1. The Morgan fingerprint density at radius 2 is 1.78 bits per heavy atom. The normalized spacial score (nSPS) is 11.0. The van der Waals surface area contributed by atoms with E-state index in [1.54, 1.807) is 23.6 Å². The number of carbonyl (C=O) groups excluding carboxylic acids is 1. The third-order valence-corrected chi connectivity index (χ3v) is 7.53. The molecule has 32 heavy (non-hydrogen) atoms. The topological polar surface area (TPSA) is 51.0 Å². The molecular formula is C25H26N4OS2. The molecule has 0 unspecified atom stereocenters. The second-order valence-corrected chi connectivity index (χ2v) is 9.56. The number of amides is 1. The van der Waals surface area contributed by atoms with Crippen molar-refractivity contribution in [1.29, 1.82) is 0 Å². The lowest BCUT2D eigenvalue weighted by Gasteiger charge is -2.21. The first-order valence-corrected chi connectivity index (χ1v) is 12.3. The maximum Gasteiger partial charge on any atom is 0.230 e. The third-order valence-electron chi connectivity index (χ3n) is 5.65. The van der Waals surface area contributed by atoms with Gasteiger partial charge < -0.3 is 0 Å². The first kappa shape index (κ1) is 22.3. The smallest absolute Gasteiger partial charge is 0.230 e. The molecule has 0 radical (unpaired) electrons. The summed E-state index contributed by atoms with van der Waals surface area (Å²) in [6, 6.07) is 12.3.